The average molecular weight is 289 g/mol. The SMILES string of the molecule is C[C@H]1C[C@@H](O)CCN1C(=O)NCc1noc2ccccc12. The quantitative estimate of drug-likeness (QED) is 0.885. The Bertz CT molecular complexity index is 640. The van der Waals surface area contributed by atoms with Gasteiger partial charge in [0.2, 0.25) is 0 Å². The molecule has 2 aromatic rings. The molecule has 3 rings (SSSR count). The summed E-state index contributed by atoms with van der Waals surface area (Å²) in [5.41, 5.74) is 1.44. The number of likely N-dealkylation sites (tertiary alicyclic amines) is 1. The second-order valence-corrected chi connectivity index (χ2v) is 5.50. The monoisotopic (exact) mass is 289 g/mol. The fraction of sp³-hybridized carbons (Fsp3) is 0.467. The molecule has 1 saturated heterocycles. The van der Waals surface area contributed by atoms with Crippen LogP contribution in [-0.2, 0) is 6.54 Å². The maximum atomic E-state index is 12.2. The van der Waals surface area contributed by atoms with Crippen LogP contribution in [0.15, 0.2) is 28.8 Å². The molecule has 2 amide bonds. The van der Waals surface area contributed by atoms with Gasteiger partial charge in [-0.2, -0.15) is 0 Å². The first-order valence-electron chi connectivity index (χ1n) is 7.21. The summed E-state index contributed by atoms with van der Waals surface area (Å²) in [5.74, 6) is 0. The zero-order chi connectivity index (χ0) is 14.8. The summed E-state index contributed by atoms with van der Waals surface area (Å²) in [6.45, 7) is 2.86. The number of amides is 2. The predicted octanol–water partition coefficient (Wildman–Crippen LogP) is 1.88. The van der Waals surface area contributed by atoms with Crippen LogP contribution in [0, 0.1) is 0 Å². The highest BCUT2D eigenvalue weighted by atomic mass is 16.5. The summed E-state index contributed by atoms with van der Waals surface area (Å²) in [6, 6.07) is 7.49. The van der Waals surface area contributed by atoms with Gasteiger partial charge in [0.15, 0.2) is 5.58 Å². The van der Waals surface area contributed by atoms with Crippen LogP contribution in [0.1, 0.15) is 25.5 Å². The number of piperidine rings is 1. The molecule has 21 heavy (non-hydrogen) atoms. The van der Waals surface area contributed by atoms with Crippen molar-refractivity contribution in [2.24, 2.45) is 0 Å². The molecule has 2 heterocycles. The molecule has 1 aromatic heterocycles. The van der Waals surface area contributed by atoms with Crippen LogP contribution in [0.3, 0.4) is 0 Å². The van der Waals surface area contributed by atoms with E-state index >= 15 is 0 Å². The van der Waals surface area contributed by atoms with Gasteiger partial charge in [-0.25, -0.2) is 4.79 Å². The van der Waals surface area contributed by atoms with Crippen LogP contribution in [0.4, 0.5) is 4.79 Å². The van der Waals surface area contributed by atoms with Gasteiger partial charge in [0.05, 0.1) is 12.6 Å². The lowest BCUT2D eigenvalue weighted by atomic mass is 10.0. The minimum Gasteiger partial charge on any atom is -0.393 e. The van der Waals surface area contributed by atoms with Crippen molar-refractivity contribution in [1.82, 2.24) is 15.4 Å². The Hall–Kier alpha value is -2.08. The van der Waals surface area contributed by atoms with Gasteiger partial charge in [-0.3, -0.25) is 0 Å². The van der Waals surface area contributed by atoms with Crippen molar-refractivity contribution >= 4 is 17.0 Å². The molecule has 2 N–H and O–H groups in total. The lowest BCUT2D eigenvalue weighted by molar-refractivity contribution is 0.0649. The third kappa shape index (κ3) is 2.85. The van der Waals surface area contributed by atoms with Gasteiger partial charge in [-0.05, 0) is 31.9 Å². The van der Waals surface area contributed by atoms with Gasteiger partial charge >= 0.3 is 6.03 Å². The molecule has 0 unspecified atom stereocenters. The van der Waals surface area contributed by atoms with Gasteiger partial charge in [-0.15, -0.1) is 0 Å². The smallest absolute Gasteiger partial charge is 0.317 e. The Morgan fingerprint density at radius 2 is 2.33 bits per heavy atom. The number of aromatic nitrogens is 1. The van der Waals surface area contributed by atoms with Gasteiger partial charge < -0.3 is 19.8 Å². The fourth-order valence-electron chi connectivity index (χ4n) is 2.78. The van der Waals surface area contributed by atoms with Gasteiger partial charge in [0.25, 0.3) is 0 Å². The molecule has 112 valence electrons. The number of fused-ring (bicyclic) bond motifs is 1. The number of hydrogen-bond acceptors (Lipinski definition) is 4. The Morgan fingerprint density at radius 1 is 1.52 bits per heavy atom. The zero-order valence-corrected chi connectivity index (χ0v) is 12.0. The number of hydrogen-bond donors (Lipinski definition) is 2. The topological polar surface area (TPSA) is 78.6 Å². The normalized spacial score (nSPS) is 22.5. The maximum Gasteiger partial charge on any atom is 0.317 e. The van der Waals surface area contributed by atoms with E-state index in [1.807, 2.05) is 31.2 Å². The summed E-state index contributed by atoms with van der Waals surface area (Å²) in [4.78, 5) is 14.0. The number of carbonyl (C=O) groups excluding carboxylic acids is 1. The molecule has 0 saturated carbocycles. The summed E-state index contributed by atoms with van der Waals surface area (Å²) >= 11 is 0. The molecule has 0 spiro atoms. The summed E-state index contributed by atoms with van der Waals surface area (Å²) in [6.07, 6.45) is 0.953. The molecular weight excluding hydrogens is 270 g/mol. The van der Waals surface area contributed by atoms with Crippen molar-refractivity contribution in [1.29, 1.82) is 0 Å². The first-order valence-corrected chi connectivity index (χ1v) is 7.21. The standard InChI is InChI=1S/C15H19N3O3/c1-10-8-11(19)6-7-18(10)15(20)16-9-13-12-4-2-3-5-14(12)21-17-13/h2-5,10-11,19H,6-9H2,1H3,(H,16,20)/t10-,11-/m0/s1. The van der Waals surface area contributed by atoms with E-state index in [2.05, 4.69) is 10.5 Å². The van der Waals surface area contributed by atoms with Crippen LogP contribution in [0.25, 0.3) is 11.0 Å². The third-order valence-electron chi connectivity index (χ3n) is 3.97. The van der Waals surface area contributed by atoms with Crippen LogP contribution in [0.2, 0.25) is 0 Å². The van der Waals surface area contributed by atoms with Gasteiger partial charge in [0.1, 0.15) is 5.69 Å². The highest BCUT2D eigenvalue weighted by molar-refractivity contribution is 5.80. The molecule has 1 fully saturated rings. The van der Waals surface area contributed by atoms with E-state index in [1.54, 1.807) is 4.90 Å². The lowest BCUT2D eigenvalue weighted by Gasteiger charge is -2.35. The number of nitrogens with one attached hydrogen (secondary N) is 1. The van der Waals surface area contributed by atoms with Crippen LogP contribution in [0.5, 0.6) is 0 Å². The molecule has 0 bridgehead atoms. The van der Waals surface area contributed by atoms with Crippen molar-refractivity contribution in [3.05, 3.63) is 30.0 Å². The van der Waals surface area contributed by atoms with Crippen LogP contribution in [-0.4, -0.2) is 39.9 Å². The molecule has 0 aliphatic carbocycles. The van der Waals surface area contributed by atoms with Crippen molar-refractivity contribution in [3.63, 3.8) is 0 Å². The molecule has 2 atom stereocenters. The van der Waals surface area contributed by atoms with Crippen molar-refractivity contribution in [2.45, 2.75) is 38.5 Å². The number of aliphatic hydroxyl groups is 1. The first-order chi connectivity index (χ1) is 10.1. The molecule has 6 heteroatoms. The van der Waals surface area contributed by atoms with E-state index < -0.39 is 0 Å². The van der Waals surface area contributed by atoms with E-state index in [-0.39, 0.29) is 18.2 Å². The number of para-hydroxylation sites is 1. The van der Waals surface area contributed by atoms with Gasteiger partial charge in [-0.1, -0.05) is 17.3 Å². The van der Waals surface area contributed by atoms with E-state index in [0.29, 0.717) is 25.9 Å². The molecule has 6 nitrogen and oxygen atoms in total. The zero-order valence-electron chi connectivity index (χ0n) is 12.0. The third-order valence-corrected chi connectivity index (χ3v) is 3.97. The van der Waals surface area contributed by atoms with E-state index in [0.717, 1.165) is 16.7 Å². The van der Waals surface area contributed by atoms with Crippen molar-refractivity contribution in [3.8, 4) is 0 Å². The second kappa shape index (κ2) is 5.73. The molecule has 1 aliphatic rings. The van der Waals surface area contributed by atoms with E-state index in [9.17, 15) is 9.90 Å². The highest BCUT2D eigenvalue weighted by Crippen LogP contribution is 2.19. The minimum absolute atomic E-state index is 0.0443. The van der Waals surface area contributed by atoms with Crippen molar-refractivity contribution in [2.75, 3.05) is 6.54 Å². The van der Waals surface area contributed by atoms with E-state index in [1.165, 1.54) is 0 Å². The Kier molecular flexibility index (Phi) is 3.79. The largest absolute Gasteiger partial charge is 0.393 e. The van der Waals surface area contributed by atoms with Crippen LogP contribution >= 0.6 is 0 Å². The number of benzene rings is 1. The fourth-order valence-corrected chi connectivity index (χ4v) is 2.78. The number of rotatable bonds is 2. The van der Waals surface area contributed by atoms with Crippen molar-refractivity contribution < 1.29 is 14.4 Å². The molecule has 1 aliphatic heterocycles. The lowest BCUT2D eigenvalue weighted by Crippen LogP contribution is -2.50. The number of aliphatic hydroxyl groups excluding tert-OH is 1. The Balaban J connectivity index is 1.63. The van der Waals surface area contributed by atoms with Crippen LogP contribution < -0.4 is 5.32 Å². The molecule has 1 aromatic carbocycles. The predicted molar refractivity (Wildman–Crippen MR) is 77.7 cm³/mol. The molecular formula is C15H19N3O3. The minimum atomic E-state index is -0.302. The molecule has 0 radical (unpaired) electrons. The number of urea groups is 1. The Labute approximate surface area is 122 Å². The number of nitrogens with zero attached hydrogens (tertiary/aromatic N) is 2. The summed E-state index contributed by atoms with van der Waals surface area (Å²) < 4.78 is 5.21. The second-order valence-electron chi connectivity index (χ2n) is 5.50. The highest BCUT2D eigenvalue weighted by Gasteiger charge is 2.27. The maximum absolute atomic E-state index is 12.2. The van der Waals surface area contributed by atoms with E-state index in [4.69, 9.17) is 4.52 Å². The Morgan fingerprint density at radius 3 is 3.14 bits per heavy atom. The first kappa shape index (κ1) is 13.9. The summed E-state index contributed by atoms with van der Waals surface area (Å²) in [7, 11) is 0. The average Bonchev–Trinajstić information content (AvgIpc) is 2.88. The summed E-state index contributed by atoms with van der Waals surface area (Å²) in [5, 5.41) is 17.4. The van der Waals surface area contributed by atoms with Gasteiger partial charge in [0, 0.05) is 18.0 Å². The number of carbonyl (C=O) groups is 1.